The van der Waals surface area contributed by atoms with E-state index in [1.54, 1.807) is 45.0 Å². The van der Waals surface area contributed by atoms with Crippen LogP contribution in [0.3, 0.4) is 0 Å². The molecule has 2 aliphatic heterocycles. The predicted molar refractivity (Wildman–Crippen MR) is 119 cm³/mol. The summed E-state index contributed by atoms with van der Waals surface area (Å²) in [7, 11) is 0. The van der Waals surface area contributed by atoms with Gasteiger partial charge in [-0.25, -0.2) is 14.8 Å². The molecule has 8 nitrogen and oxygen atoms in total. The summed E-state index contributed by atoms with van der Waals surface area (Å²) >= 11 is 0. The molecule has 34 heavy (non-hydrogen) atoms. The van der Waals surface area contributed by atoms with Gasteiger partial charge in [-0.05, 0) is 57.9 Å². The predicted octanol–water partition coefficient (Wildman–Crippen LogP) is 4.34. The Hall–Kier alpha value is -3.37. The second-order valence-electron chi connectivity index (χ2n) is 9.48. The van der Waals surface area contributed by atoms with E-state index in [4.69, 9.17) is 4.74 Å². The molecule has 2 bridgehead atoms. The van der Waals surface area contributed by atoms with Gasteiger partial charge in [-0.2, -0.15) is 13.2 Å². The van der Waals surface area contributed by atoms with E-state index in [2.05, 4.69) is 15.3 Å². The zero-order chi connectivity index (χ0) is 24.7. The summed E-state index contributed by atoms with van der Waals surface area (Å²) in [6, 6.07) is 6.42. The van der Waals surface area contributed by atoms with Crippen LogP contribution in [0.1, 0.15) is 49.5 Å². The maximum atomic E-state index is 13.2. The second-order valence-corrected chi connectivity index (χ2v) is 9.48. The summed E-state index contributed by atoms with van der Waals surface area (Å²) in [5, 5.41) is 2.63. The lowest BCUT2D eigenvalue weighted by Gasteiger charge is -2.41. The standard InChI is InChI=1S/C23H26F3N5O3/c1-22(2,3)34-21(33)29-16-6-4-14(5-7-16)19(32)31-17-8-9-18(31)13-30(12-17)20-27-10-15(11-28-20)23(24,25)26/h4-7,10-11,17-18H,8-9,12-13H2,1-3H3,(H,29,33). The molecule has 2 saturated heterocycles. The number of benzene rings is 1. The van der Waals surface area contributed by atoms with Crippen molar-refractivity contribution in [1.29, 1.82) is 0 Å². The van der Waals surface area contributed by atoms with Gasteiger partial charge in [-0.1, -0.05) is 0 Å². The number of alkyl halides is 3. The highest BCUT2D eigenvalue weighted by atomic mass is 19.4. The number of carbonyl (C=O) groups excluding carboxylic acids is 2. The highest BCUT2D eigenvalue weighted by molar-refractivity contribution is 5.96. The van der Waals surface area contributed by atoms with E-state index in [9.17, 15) is 22.8 Å². The van der Waals surface area contributed by atoms with Crippen molar-refractivity contribution in [2.75, 3.05) is 23.3 Å². The quantitative estimate of drug-likeness (QED) is 0.708. The van der Waals surface area contributed by atoms with Crippen molar-refractivity contribution in [3.05, 3.63) is 47.8 Å². The summed E-state index contributed by atoms with van der Waals surface area (Å²) in [4.78, 5) is 36.6. The summed E-state index contributed by atoms with van der Waals surface area (Å²) in [5.41, 5.74) is -0.506. The number of piperazine rings is 1. The number of halogens is 3. The molecule has 182 valence electrons. The summed E-state index contributed by atoms with van der Waals surface area (Å²) in [6.45, 7) is 6.21. The molecule has 0 radical (unpaired) electrons. The number of nitrogens with zero attached hydrogens (tertiary/aromatic N) is 4. The first kappa shape index (κ1) is 23.8. The van der Waals surface area contributed by atoms with Gasteiger partial charge in [-0.3, -0.25) is 10.1 Å². The third-order valence-corrected chi connectivity index (χ3v) is 5.74. The van der Waals surface area contributed by atoms with E-state index < -0.39 is 23.4 Å². The van der Waals surface area contributed by atoms with E-state index >= 15 is 0 Å². The van der Waals surface area contributed by atoms with E-state index in [1.165, 1.54) is 0 Å². The summed E-state index contributed by atoms with van der Waals surface area (Å²) in [5.74, 6) is 0.110. The Morgan fingerprint density at radius 2 is 1.56 bits per heavy atom. The first-order valence-corrected chi connectivity index (χ1v) is 11.0. The lowest BCUT2D eigenvalue weighted by Crippen LogP contribution is -2.56. The number of fused-ring (bicyclic) bond motifs is 2. The van der Waals surface area contributed by atoms with Gasteiger partial charge in [0.2, 0.25) is 5.95 Å². The Kier molecular flexibility index (Phi) is 6.13. The van der Waals surface area contributed by atoms with E-state index in [0.717, 1.165) is 25.2 Å². The number of ether oxygens (including phenoxy) is 1. The maximum Gasteiger partial charge on any atom is 0.419 e. The molecule has 2 aromatic rings. The number of amides is 2. The Balaban J connectivity index is 1.40. The largest absolute Gasteiger partial charge is 0.444 e. The number of hydrogen-bond acceptors (Lipinski definition) is 6. The van der Waals surface area contributed by atoms with Crippen LogP contribution in [-0.4, -0.2) is 57.6 Å². The number of anilines is 2. The van der Waals surface area contributed by atoms with Crippen LogP contribution >= 0.6 is 0 Å². The Labute approximate surface area is 195 Å². The highest BCUT2D eigenvalue weighted by Crippen LogP contribution is 2.34. The van der Waals surface area contributed by atoms with Crippen molar-refractivity contribution in [3.8, 4) is 0 Å². The van der Waals surface area contributed by atoms with Crippen LogP contribution in [-0.2, 0) is 10.9 Å². The Bertz CT molecular complexity index is 1040. The van der Waals surface area contributed by atoms with Crippen molar-refractivity contribution < 1.29 is 27.5 Å². The first-order chi connectivity index (χ1) is 15.9. The number of rotatable bonds is 3. The van der Waals surface area contributed by atoms with Crippen LogP contribution in [0.15, 0.2) is 36.7 Å². The van der Waals surface area contributed by atoms with Crippen molar-refractivity contribution >= 4 is 23.6 Å². The fourth-order valence-electron chi connectivity index (χ4n) is 4.30. The lowest BCUT2D eigenvalue weighted by molar-refractivity contribution is -0.138. The van der Waals surface area contributed by atoms with Gasteiger partial charge in [0.15, 0.2) is 0 Å². The fraction of sp³-hybridized carbons (Fsp3) is 0.478. The van der Waals surface area contributed by atoms with Crippen LogP contribution in [0.4, 0.5) is 29.6 Å². The van der Waals surface area contributed by atoms with Gasteiger partial charge in [-0.15, -0.1) is 0 Å². The molecule has 11 heteroatoms. The Morgan fingerprint density at radius 3 is 2.06 bits per heavy atom. The third-order valence-electron chi connectivity index (χ3n) is 5.74. The zero-order valence-electron chi connectivity index (χ0n) is 19.1. The van der Waals surface area contributed by atoms with Crippen molar-refractivity contribution in [3.63, 3.8) is 0 Å². The molecule has 0 saturated carbocycles. The van der Waals surface area contributed by atoms with E-state index in [-0.39, 0.29) is 23.9 Å². The second kappa shape index (κ2) is 8.77. The van der Waals surface area contributed by atoms with Crippen LogP contribution < -0.4 is 10.2 Å². The molecular formula is C23H26F3N5O3. The normalized spacial score (nSPS) is 20.3. The zero-order valence-corrected chi connectivity index (χ0v) is 19.1. The lowest BCUT2D eigenvalue weighted by atomic mass is 10.1. The first-order valence-electron chi connectivity index (χ1n) is 11.0. The number of carbonyl (C=O) groups is 2. The minimum absolute atomic E-state index is 0.0864. The molecular weight excluding hydrogens is 451 g/mol. The third kappa shape index (κ3) is 5.23. The van der Waals surface area contributed by atoms with Crippen LogP contribution in [0.5, 0.6) is 0 Å². The molecule has 2 atom stereocenters. The Morgan fingerprint density at radius 1 is 1.00 bits per heavy atom. The average molecular weight is 477 g/mol. The molecule has 1 aromatic heterocycles. The molecule has 2 aliphatic rings. The number of aromatic nitrogens is 2. The molecule has 1 aromatic carbocycles. The summed E-state index contributed by atoms with van der Waals surface area (Å²) < 4.78 is 43.6. The van der Waals surface area contributed by atoms with Gasteiger partial charge in [0.25, 0.3) is 5.91 Å². The van der Waals surface area contributed by atoms with Gasteiger partial charge < -0.3 is 14.5 Å². The molecule has 3 heterocycles. The van der Waals surface area contributed by atoms with Crippen LogP contribution in [0.2, 0.25) is 0 Å². The van der Waals surface area contributed by atoms with Gasteiger partial charge in [0.1, 0.15) is 5.60 Å². The molecule has 2 amide bonds. The molecule has 1 N–H and O–H groups in total. The highest BCUT2D eigenvalue weighted by Gasteiger charge is 2.43. The van der Waals surface area contributed by atoms with Crippen molar-refractivity contribution in [2.45, 2.75) is 57.5 Å². The van der Waals surface area contributed by atoms with Gasteiger partial charge in [0.05, 0.1) is 17.6 Å². The van der Waals surface area contributed by atoms with E-state index in [1.807, 2.05) is 9.80 Å². The average Bonchev–Trinajstić information content (AvgIpc) is 3.01. The number of nitrogens with one attached hydrogen (secondary N) is 1. The van der Waals surface area contributed by atoms with Crippen molar-refractivity contribution in [2.24, 2.45) is 0 Å². The van der Waals surface area contributed by atoms with Crippen molar-refractivity contribution in [1.82, 2.24) is 14.9 Å². The monoisotopic (exact) mass is 477 g/mol. The maximum absolute atomic E-state index is 13.2. The minimum atomic E-state index is -4.49. The molecule has 2 unspecified atom stereocenters. The molecule has 4 rings (SSSR count). The molecule has 2 fully saturated rings. The van der Waals surface area contributed by atoms with Crippen LogP contribution in [0.25, 0.3) is 0 Å². The summed E-state index contributed by atoms with van der Waals surface area (Å²) in [6.07, 6.45) is -1.90. The fourth-order valence-corrected chi connectivity index (χ4v) is 4.30. The van der Waals surface area contributed by atoms with E-state index in [0.29, 0.717) is 24.3 Å². The SMILES string of the molecule is CC(C)(C)OC(=O)Nc1ccc(C(=O)N2C3CCC2CN(c2ncc(C(F)(F)F)cn2)C3)cc1. The van der Waals surface area contributed by atoms with Gasteiger partial charge in [0, 0.05) is 36.7 Å². The number of hydrogen-bond donors (Lipinski definition) is 1. The molecule has 0 aliphatic carbocycles. The van der Waals surface area contributed by atoms with Crippen LogP contribution in [0, 0.1) is 0 Å². The van der Waals surface area contributed by atoms with Gasteiger partial charge >= 0.3 is 12.3 Å². The minimum Gasteiger partial charge on any atom is -0.444 e. The topological polar surface area (TPSA) is 87.7 Å². The molecule has 0 spiro atoms. The smallest absolute Gasteiger partial charge is 0.419 e.